The van der Waals surface area contributed by atoms with Crippen molar-refractivity contribution in [1.29, 1.82) is 0 Å². The lowest BCUT2D eigenvalue weighted by atomic mass is 9.71. The Morgan fingerprint density at radius 2 is 1.74 bits per heavy atom. The number of benzene rings is 1. The summed E-state index contributed by atoms with van der Waals surface area (Å²) in [5, 5.41) is 3.03. The van der Waals surface area contributed by atoms with Crippen LogP contribution in [-0.4, -0.2) is 39.3 Å². The number of carbonyl (C=O) groups is 1. The van der Waals surface area contributed by atoms with Crippen molar-refractivity contribution >= 4 is 28.3 Å². The topological polar surface area (TPSA) is 92.5 Å². The normalized spacial score (nSPS) is 17.8. The molecule has 1 aromatic carbocycles. The molecule has 27 heavy (non-hydrogen) atoms. The molecular weight excluding hydrogens is 386 g/mol. The summed E-state index contributed by atoms with van der Waals surface area (Å²) in [6, 6.07) is 6.48. The third kappa shape index (κ3) is 5.91. The van der Waals surface area contributed by atoms with Crippen molar-refractivity contribution in [2.24, 2.45) is 11.1 Å². The monoisotopic (exact) mass is 417 g/mol. The highest BCUT2D eigenvalue weighted by atomic mass is 35.5. The van der Waals surface area contributed by atoms with Crippen LogP contribution in [0.5, 0.6) is 0 Å². The van der Waals surface area contributed by atoms with E-state index in [9.17, 15) is 13.2 Å². The highest BCUT2D eigenvalue weighted by Crippen LogP contribution is 2.38. The number of nitrogens with two attached hydrogens (primary N) is 1. The second-order valence-corrected chi connectivity index (χ2v) is 9.74. The van der Waals surface area contributed by atoms with Gasteiger partial charge < -0.3 is 11.1 Å². The number of rotatable bonds is 7. The maximum absolute atomic E-state index is 12.5. The molecule has 0 aromatic heterocycles. The summed E-state index contributed by atoms with van der Waals surface area (Å²) in [7, 11) is -0.432. The SMILES string of the molecule is CC(NC(=O)CC1(CN)CCCCC1)c1ccc(S(=O)(=O)N(C)C)cc1.Cl. The zero-order chi connectivity index (χ0) is 19.4. The summed E-state index contributed by atoms with van der Waals surface area (Å²) in [4.78, 5) is 12.7. The molecule has 1 unspecified atom stereocenters. The number of carbonyl (C=O) groups excluding carboxylic acids is 1. The van der Waals surface area contributed by atoms with E-state index in [2.05, 4.69) is 5.32 Å². The smallest absolute Gasteiger partial charge is 0.242 e. The molecule has 1 aliphatic carbocycles. The standard InChI is InChI=1S/C19H31N3O3S.ClH/c1-15(16-7-9-17(10-8-16)26(24,25)22(2)3)21-18(23)13-19(14-20)11-5-4-6-12-19;/h7-10,15H,4-6,11-14,20H2,1-3H3,(H,21,23);1H. The van der Waals surface area contributed by atoms with Crippen molar-refractivity contribution in [3.63, 3.8) is 0 Å². The lowest BCUT2D eigenvalue weighted by Crippen LogP contribution is -2.39. The zero-order valence-corrected chi connectivity index (χ0v) is 18.0. The maximum atomic E-state index is 12.5. The number of hydrogen-bond acceptors (Lipinski definition) is 4. The lowest BCUT2D eigenvalue weighted by Gasteiger charge is -2.36. The average molecular weight is 418 g/mol. The van der Waals surface area contributed by atoms with E-state index in [1.165, 1.54) is 24.8 Å². The molecule has 0 spiro atoms. The number of sulfonamides is 1. The Kier molecular flexibility index (Phi) is 8.73. The first-order valence-corrected chi connectivity index (χ1v) is 10.7. The van der Waals surface area contributed by atoms with Gasteiger partial charge in [-0.3, -0.25) is 4.79 Å². The minimum Gasteiger partial charge on any atom is -0.350 e. The molecule has 0 aliphatic heterocycles. The first-order chi connectivity index (χ1) is 12.2. The third-order valence-electron chi connectivity index (χ3n) is 5.42. The zero-order valence-electron chi connectivity index (χ0n) is 16.4. The number of nitrogens with zero attached hydrogens (tertiary/aromatic N) is 1. The van der Waals surface area contributed by atoms with E-state index in [1.54, 1.807) is 24.3 Å². The molecule has 8 heteroatoms. The van der Waals surface area contributed by atoms with Crippen LogP contribution in [0.2, 0.25) is 0 Å². The molecular formula is C19H32ClN3O3S. The van der Waals surface area contributed by atoms with Gasteiger partial charge in [-0.05, 0) is 49.4 Å². The molecule has 0 radical (unpaired) electrons. The van der Waals surface area contributed by atoms with Gasteiger partial charge >= 0.3 is 0 Å². The van der Waals surface area contributed by atoms with Crippen LogP contribution >= 0.6 is 12.4 Å². The van der Waals surface area contributed by atoms with Gasteiger partial charge in [-0.15, -0.1) is 12.4 Å². The summed E-state index contributed by atoms with van der Waals surface area (Å²) < 4.78 is 25.4. The summed E-state index contributed by atoms with van der Waals surface area (Å²) in [6.45, 7) is 2.45. The van der Waals surface area contributed by atoms with Crippen LogP contribution in [0.15, 0.2) is 29.2 Å². The number of nitrogens with one attached hydrogen (secondary N) is 1. The van der Waals surface area contributed by atoms with E-state index >= 15 is 0 Å². The molecule has 154 valence electrons. The molecule has 0 heterocycles. The Morgan fingerprint density at radius 1 is 1.19 bits per heavy atom. The second kappa shape index (κ2) is 9.87. The Balaban J connectivity index is 0.00000364. The summed E-state index contributed by atoms with van der Waals surface area (Å²) in [6.07, 6.45) is 6.00. The van der Waals surface area contributed by atoms with Crippen molar-refractivity contribution in [1.82, 2.24) is 9.62 Å². The number of halogens is 1. The van der Waals surface area contributed by atoms with E-state index in [4.69, 9.17) is 5.73 Å². The lowest BCUT2D eigenvalue weighted by molar-refractivity contribution is -0.124. The van der Waals surface area contributed by atoms with Gasteiger partial charge in [0.1, 0.15) is 0 Å². The van der Waals surface area contributed by atoms with Gasteiger partial charge in [-0.1, -0.05) is 31.4 Å². The fraction of sp³-hybridized carbons (Fsp3) is 0.632. The van der Waals surface area contributed by atoms with Gasteiger partial charge in [0.25, 0.3) is 0 Å². The molecule has 3 N–H and O–H groups in total. The Morgan fingerprint density at radius 3 is 2.22 bits per heavy atom. The Hall–Kier alpha value is -1.15. The van der Waals surface area contributed by atoms with E-state index in [0.717, 1.165) is 31.2 Å². The highest BCUT2D eigenvalue weighted by Gasteiger charge is 2.33. The van der Waals surface area contributed by atoms with Crippen LogP contribution < -0.4 is 11.1 Å². The Bertz CT molecular complexity index is 714. The van der Waals surface area contributed by atoms with E-state index in [1.807, 2.05) is 6.92 Å². The molecule has 1 fully saturated rings. The van der Waals surface area contributed by atoms with Crippen LogP contribution in [0.4, 0.5) is 0 Å². The predicted molar refractivity (Wildman–Crippen MR) is 110 cm³/mol. The van der Waals surface area contributed by atoms with Crippen molar-refractivity contribution in [2.75, 3.05) is 20.6 Å². The largest absolute Gasteiger partial charge is 0.350 e. The molecule has 1 atom stereocenters. The highest BCUT2D eigenvalue weighted by molar-refractivity contribution is 7.89. The maximum Gasteiger partial charge on any atom is 0.242 e. The summed E-state index contributed by atoms with van der Waals surface area (Å²) >= 11 is 0. The van der Waals surface area contributed by atoms with E-state index in [-0.39, 0.29) is 34.7 Å². The van der Waals surface area contributed by atoms with Crippen LogP contribution in [0.1, 0.15) is 57.1 Å². The minimum absolute atomic E-state index is 0. The first-order valence-electron chi connectivity index (χ1n) is 9.22. The van der Waals surface area contributed by atoms with E-state index < -0.39 is 10.0 Å². The van der Waals surface area contributed by atoms with Crippen LogP contribution in [0.3, 0.4) is 0 Å². The molecule has 2 rings (SSSR count). The van der Waals surface area contributed by atoms with Crippen molar-refractivity contribution in [3.05, 3.63) is 29.8 Å². The summed E-state index contributed by atoms with van der Waals surface area (Å²) in [5.41, 5.74) is 6.78. The van der Waals surface area contributed by atoms with Gasteiger partial charge in [0.15, 0.2) is 0 Å². The fourth-order valence-corrected chi connectivity index (χ4v) is 4.51. The van der Waals surface area contributed by atoms with Crippen molar-refractivity contribution < 1.29 is 13.2 Å². The number of amides is 1. The molecule has 1 aromatic rings. The number of hydrogen-bond donors (Lipinski definition) is 2. The third-order valence-corrected chi connectivity index (χ3v) is 7.25. The van der Waals surface area contributed by atoms with Crippen LogP contribution in [0, 0.1) is 5.41 Å². The Labute approximate surface area is 169 Å². The average Bonchev–Trinajstić information content (AvgIpc) is 2.62. The van der Waals surface area contributed by atoms with Gasteiger partial charge in [-0.25, -0.2) is 12.7 Å². The first kappa shape index (κ1) is 23.9. The van der Waals surface area contributed by atoms with Gasteiger partial charge in [-0.2, -0.15) is 0 Å². The summed E-state index contributed by atoms with van der Waals surface area (Å²) in [5.74, 6) is 0.00911. The van der Waals surface area contributed by atoms with Gasteiger partial charge in [0.05, 0.1) is 10.9 Å². The molecule has 6 nitrogen and oxygen atoms in total. The van der Waals surface area contributed by atoms with Crippen LogP contribution in [0.25, 0.3) is 0 Å². The molecule has 0 saturated heterocycles. The minimum atomic E-state index is -3.44. The van der Waals surface area contributed by atoms with E-state index in [0.29, 0.717) is 13.0 Å². The molecule has 1 amide bonds. The second-order valence-electron chi connectivity index (χ2n) is 7.59. The van der Waals surface area contributed by atoms with Gasteiger partial charge in [0.2, 0.25) is 15.9 Å². The van der Waals surface area contributed by atoms with Crippen molar-refractivity contribution in [3.8, 4) is 0 Å². The van der Waals surface area contributed by atoms with Gasteiger partial charge in [0, 0.05) is 20.5 Å². The molecule has 1 saturated carbocycles. The van der Waals surface area contributed by atoms with Crippen molar-refractivity contribution in [2.45, 2.75) is 56.4 Å². The quantitative estimate of drug-likeness (QED) is 0.713. The predicted octanol–water partition coefficient (Wildman–Crippen LogP) is 2.84. The fourth-order valence-electron chi connectivity index (χ4n) is 3.61. The molecule has 1 aliphatic rings. The molecule has 0 bridgehead atoms. The van der Waals surface area contributed by atoms with Crippen LogP contribution in [-0.2, 0) is 14.8 Å².